The number of rotatable bonds is 3. The zero-order valence-corrected chi connectivity index (χ0v) is 11.8. The number of carbonyl (C=O) groups is 1. The third kappa shape index (κ3) is 2.56. The quantitative estimate of drug-likeness (QED) is 0.912. The summed E-state index contributed by atoms with van der Waals surface area (Å²) in [5, 5.41) is 3.64. The van der Waals surface area contributed by atoms with E-state index in [9.17, 15) is 4.79 Å². The van der Waals surface area contributed by atoms with Crippen molar-refractivity contribution in [3.63, 3.8) is 0 Å². The summed E-state index contributed by atoms with van der Waals surface area (Å²) in [5.74, 6) is -0.120. The molecule has 1 aliphatic rings. The minimum atomic E-state index is -0.146. The van der Waals surface area contributed by atoms with Gasteiger partial charge in [0.2, 0.25) is 5.91 Å². The van der Waals surface area contributed by atoms with E-state index >= 15 is 0 Å². The van der Waals surface area contributed by atoms with Crippen molar-refractivity contribution >= 4 is 17.5 Å². The van der Waals surface area contributed by atoms with E-state index in [-0.39, 0.29) is 14.7 Å². The van der Waals surface area contributed by atoms with Crippen molar-refractivity contribution in [3.8, 4) is 0 Å². The fourth-order valence-electron chi connectivity index (χ4n) is 2.65. The lowest BCUT2D eigenvalue weighted by Gasteiger charge is -2.20. The number of fused-ring (bicyclic) bond motifs is 1. The number of carbonyl (C=O) groups excluding carboxylic acids is 1. The van der Waals surface area contributed by atoms with Crippen molar-refractivity contribution in [2.75, 3.05) is 0 Å². The second-order valence-corrected chi connectivity index (χ2v) is 5.43. The first-order chi connectivity index (χ1) is 9.75. The molecule has 1 unspecified atom stereocenters. The lowest BCUT2D eigenvalue weighted by molar-refractivity contribution is -0.123. The molecule has 1 heterocycles. The summed E-state index contributed by atoms with van der Waals surface area (Å²) < 4.78 is 0. The molecule has 3 rings (SSSR count). The van der Waals surface area contributed by atoms with Gasteiger partial charge in [-0.3, -0.25) is 4.79 Å². The van der Waals surface area contributed by atoms with Crippen LogP contribution in [0.25, 0.3) is 0 Å². The number of aromatic amines is 1. The number of hydrogen-bond donors (Lipinski definition) is 2. The number of aromatic nitrogens is 2. The van der Waals surface area contributed by atoms with Crippen LogP contribution in [0.1, 0.15) is 38.6 Å². The van der Waals surface area contributed by atoms with Gasteiger partial charge in [0.05, 0.1) is 17.9 Å². The molecule has 5 heteroatoms. The summed E-state index contributed by atoms with van der Waals surface area (Å²) in [7, 11) is 0. The molecule has 1 aromatic heterocycles. The maximum Gasteiger partial charge on any atom is 0.229 e. The van der Waals surface area contributed by atoms with Crippen LogP contribution in [-0.4, -0.2) is 15.9 Å². The number of aryl methyl sites for hydroxylation is 1. The highest BCUT2D eigenvalue weighted by atomic mass is 35.5. The van der Waals surface area contributed by atoms with E-state index in [1.807, 2.05) is 24.3 Å². The Balaban J connectivity index is 0.00000121. The minimum Gasteiger partial charge on any atom is -0.351 e. The fraction of sp³-hybridized carbons (Fsp3) is 0.333. The molecule has 0 radical (unpaired) electrons. The Hall–Kier alpha value is -1.81. The molecule has 2 aromatic rings. The van der Waals surface area contributed by atoms with Crippen LogP contribution in [0.5, 0.6) is 0 Å². The van der Waals surface area contributed by atoms with Crippen molar-refractivity contribution in [1.82, 2.24) is 15.3 Å². The van der Waals surface area contributed by atoms with Crippen molar-refractivity contribution in [2.45, 2.75) is 31.7 Å². The van der Waals surface area contributed by atoms with Crippen LogP contribution in [0.4, 0.5) is 0 Å². The number of hydrogen-bond acceptors (Lipinski definition) is 2. The summed E-state index contributed by atoms with van der Waals surface area (Å²) in [5.41, 5.74) is 2.92. The maximum absolute atomic E-state index is 12.3. The minimum absolute atomic E-state index is 0. The van der Waals surface area contributed by atoms with E-state index in [4.69, 9.17) is 11.6 Å². The van der Waals surface area contributed by atoms with Gasteiger partial charge in [-0.15, -0.1) is 0 Å². The largest absolute Gasteiger partial charge is 0.351 e. The standard InChI is InChI=1S/C15H16ClN3O.2H2/c16-12-6-2-1-4-10(12)8-17-15(20)11-5-3-7-13-14(11)19-9-18-13;;/h1-2,4,6,9,11H,3,5,7-8H2,(H,17,20)(H,18,19);2*1H. The van der Waals surface area contributed by atoms with Gasteiger partial charge in [-0.05, 0) is 30.9 Å². The molecule has 2 N–H and O–H groups in total. The summed E-state index contributed by atoms with van der Waals surface area (Å²) >= 11 is 6.09. The fourth-order valence-corrected chi connectivity index (χ4v) is 2.86. The molecular formula is C15H20ClN3O. The average Bonchev–Trinajstić information content (AvgIpc) is 2.94. The lowest BCUT2D eigenvalue weighted by atomic mass is 9.89. The molecule has 108 valence electrons. The van der Waals surface area contributed by atoms with Gasteiger partial charge in [0.1, 0.15) is 0 Å². The second-order valence-electron chi connectivity index (χ2n) is 5.02. The summed E-state index contributed by atoms with van der Waals surface area (Å²) in [6, 6.07) is 7.55. The Morgan fingerprint density at radius 1 is 1.50 bits per heavy atom. The Labute approximate surface area is 125 Å². The van der Waals surface area contributed by atoms with Gasteiger partial charge < -0.3 is 10.3 Å². The Morgan fingerprint density at radius 2 is 2.35 bits per heavy atom. The second kappa shape index (κ2) is 5.67. The molecule has 1 amide bonds. The number of amides is 1. The SMILES string of the molecule is O=C(NCc1ccccc1Cl)C1CCCc2[nH]cnc21.[HH].[HH]. The normalized spacial score (nSPS) is 17.6. The van der Waals surface area contributed by atoms with E-state index in [2.05, 4.69) is 15.3 Å². The zero-order chi connectivity index (χ0) is 13.9. The molecule has 0 saturated heterocycles. The van der Waals surface area contributed by atoms with Crippen LogP contribution in [-0.2, 0) is 17.8 Å². The average molecular weight is 294 g/mol. The number of H-pyrrole nitrogens is 1. The molecule has 0 spiro atoms. The molecule has 0 saturated carbocycles. The molecule has 1 aliphatic carbocycles. The third-order valence-corrected chi connectivity index (χ3v) is 4.10. The molecule has 20 heavy (non-hydrogen) atoms. The van der Waals surface area contributed by atoms with Gasteiger partial charge in [-0.1, -0.05) is 29.8 Å². The number of nitrogens with zero attached hydrogens (tertiary/aromatic N) is 1. The summed E-state index contributed by atoms with van der Waals surface area (Å²) in [4.78, 5) is 19.7. The van der Waals surface area contributed by atoms with E-state index in [0.29, 0.717) is 11.6 Å². The topological polar surface area (TPSA) is 57.8 Å². The molecule has 0 fully saturated rings. The van der Waals surface area contributed by atoms with Crippen molar-refractivity contribution in [3.05, 3.63) is 52.6 Å². The molecule has 1 atom stereocenters. The highest BCUT2D eigenvalue weighted by Crippen LogP contribution is 2.29. The summed E-state index contributed by atoms with van der Waals surface area (Å²) in [6.45, 7) is 0.453. The van der Waals surface area contributed by atoms with Crippen LogP contribution in [0.2, 0.25) is 5.02 Å². The van der Waals surface area contributed by atoms with Crippen LogP contribution in [0.15, 0.2) is 30.6 Å². The van der Waals surface area contributed by atoms with Crippen LogP contribution in [0.3, 0.4) is 0 Å². The third-order valence-electron chi connectivity index (χ3n) is 3.73. The molecule has 4 nitrogen and oxygen atoms in total. The molecule has 0 bridgehead atoms. The number of nitrogens with one attached hydrogen (secondary N) is 2. The van der Waals surface area contributed by atoms with Gasteiger partial charge >= 0.3 is 0 Å². The van der Waals surface area contributed by atoms with E-state index in [1.165, 1.54) is 0 Å². The molecule has 0 aliphatic heterocycles. The molecule has 1 aromatic carbocycles. The highest BCUT2D eigenvalue weighted by molar-refractivity contribution is 6.31. The Kier molecular flexibility index (Phi) is 3.74. The van der Waals surface area contributed by atoms with Crippen LogP contribution >= 0.6 is 11.6 Å². The first-order valence-electron chi connectivity index (χ1n) is 6.79. The number of halogens is 1. The first-order valence-corrected chi connectivity index (χ1v) is 7.17. The monoisotopic (exact) mass is 293 g/mol. The van der Waals surface area contributed by atoms with Gasteiger partial charge in [0, 0.05) is 20.1 Å². The van der Waals surface area contributed by atoms with Gasteiger partial charge in [0.25, 0.3) is 0 Å². The number of imidazole rings is 1. The van der Waals surface area contributed by atoms with E-state index < -0.39 is 0 Å². The predicted octanol–water partition coefficient (Wildman–Crippen LogP) is 3.29. The lowest BCUT2D eigenvalue weighted by Crippen LogP contribution is -2.31. The van der Waals surface area contributed by atoms with Crippen LogP contribution < -0.4 is 5.32 Å². The van der Waals surface area contributed by atoms with E-state index in [0.717, 1.165) is 36.2 Å². The van der Waals surface area contributed by atoms with Gasteiger partial charge in [-0.25, -0.2) is 4.98 Å². The Morgan fingerprint density at radius 3 is 3.20 bits per heavy atom. The van der Waals surface area contributed by atoms with Crippen molar-refractivity contribution in [2.24, 2.45) is 0 Å². The predicted molar refractivity (Wildman–Crippen MR) is 81.8 cm³/mol. The molecular weight excluding hydrogens is 274 g/mol. The van der Waals surface area contributed by atoms with E-state index in [1.54, 1.807) is 6.33 Å². The van der Waals surface area contributed by atoms with Crippen molar-refractivity contribution in [1.29, 1.82) is 0 Å². The van der Waals surface area contributed by atoms with Gasteiger partial charge in [-0.2, -0.15) is 0 Å². The maximum atomic E-state index is 12.3. The van der Waals surface area contributed by atoms with Crippen LogP contribution in [0, 0.1) is 0 Å². The summed E-state index contributed by atoms with van der Waals surface area (Å²) in [6.07, 6.45) is 4.51. The first kappa shape index (κ1) is 13.2. The smallest absolute Gasteiger partial charge is 0.229 e. The number of benzene rings is 1. The van der Waals surface area contributed by atoms with Crippen molar-refractivity contribution < 1.29 is 7.65 Å². The zero-order valence-electron chi connectivity index (χ0n) is 11.0. The highest BCUT2D eigenvalue weighted by Gasteiger charge is 2.28. The van der Waals surface area contributed by atoms with Gasteiger partial charge in [0.15, 0.2) is 0 Å². The Bertz CT molecular complexity index is 633.